The van der Waals surface area contributed by atoms with Gasteiger partial charge in [0.15, 0.2) is 0 Å². The van der Waals surface area contributed by atoms with Crippen molar-refractivity contribution >= 4 is 16.0 Å². The summed E-state index contributed by atoms with van der Waals surface area (Å²) >= 11 is 0. The Morgan fingerprint density at radius 3 is 2.67 bits per heavy atom. The number of nitrogens with one attached hydrogen (secondary N) is 1. The minimum absolute atomic E-state index is 0.0614. The second-order valence-corrected chi connectivity index (χ2v) is 7.01. The van der Waals surface area contributed by atoms with Crippen molar-refractivity contribution in [1.82, 2.24) is 4.72 Å². The Balaban J connectivity index is 2.00. The molecule has 0 aromatic heterocycles. The second-order valence-electron chi connectivity index (χ2n) is 5.21. The van der Waals surface area contributed by atoms with E-state index in [2.05, 4.69) is 4.72 Å². The van der Waals surface area contributed by atoms with Gasteiger partial charge in [-0.05, 0) is 24.3 Å². The van der Waals surface area contributed by atoms with E-state index in [1.165, 1.54) is 0 Å². The molecule has 1 unspecified atom stereocenters. The van der Waals surface area contributed by atoms with Gasteiger partial charge < -0.3 is 9.84 Å². The zero-order valence-corrected chi connectivity index (χ0v) is 12.4. The molecule has 1 aromatic carbocycles. The van der Waals surface area contributed by atoms with E-state index in [0.29, 0.717) is 19.6 Å². The number of hydrogen-bond donors (Lipinski definition) is 2. The van der Waals surface area contributed by atoms with Gasteiger partial charge in [-0.25, -0.2) is 13.1 Å². The maximum absolute atomic E-state index is 12.1. The molecule has 1 fully saturated rings. The normalized spacial score (nSPS) is 20.3. The Morgan fingerprint density at radius 2 is 2.10 bits per heavy atom. The van der Waals surface area contributed by atoms with Crippen LogP contribution < -0.4 is 4.72 Å². The molecular formula is C14H19NO5S. The summed E-state index contributed by atoms with van der Waals surface area (Å²) in [6, 6.07) is 7.80. The molecule has 0 saturated carbocycles. The van der Waals surface area contributed by atoms with Gasteiger partial charge in [-0.15, -0.1) is 0 Å². The molecule has 7 heteroatoms. The van der Waals surface area contributed by atoms with Crippen LogP contribution in [0.2, 0.25) is 0 Å². The highest BCUT2D eigenvalue weighted by Crippen LogP contribution is 2.14. The minimum Gasteiger partial charge on any atom is -0.480 e. The summed E-state index contributed by atoms with van der Waals surface area (Å²) in [6.07, 6.45) is 0.813. The van der Waals surface area contributed by atoms with E-state index in [4.69, 9.17) is 4.74 Å². The number of carboxylic acids is 1. The molecule has 21 heavy (non-hydrogen) atoms. The topological polar surface area (TPSA) is 92.7 Å². The maximum atomic E-state index is 12.1. The zero-order chi connectivity index (χ0) is 15.3. The smallest absolute Gasteiger partial charge is 0.322 e. The third-order valence-corrected chi connectivity index (χ3v) is 4.94. The SMILES string of the molecule is O=C(O)[C@H](Cc1ccccc1)NS(=O)(=O)CC1CCOC1. The summed E-state index contributed by atoms with van der Waals surface area (Å²) < 4.78 is 31.6. The van der Waals surface area contributed by atoms with Gasteiger partial charge in [-0.2, -0.15) is 0 Å². The lowest BCUT2D eigenvalue weighted by Gasteiger charge is -2.16. The Kier molecular flexibility index (Phi) is 5.33. The van der Waals surface area contributed by atoms with Gasteiger partial charge in [0.05, 0.1) is 12.4 Å². The van der Waals surface area contributed by atoms with Gasteiger partial charge in [0, 0.05) is 6.61 Å². The fourth-order valence-electron chi connectivity index (χ4n) is 2.32. The number of rotatable bonds is 7. The fraction of sp³-hybridized carbons (Fsp3) is 0.500. The molecule has 6 nitrogen and oxygen atoms in total. The molecule has 0 radical (unpaired) electrons. The van der Waals surface area contributed by atoms with Gasteiger partial charge >= 0.3 is 5.97 Å². The maximum Gasteiger partial charge on any atom is 0.322 e. The summed E-state index contributed by atoms with van der Waals surface area (Å²) in [5.74, 6) is -1.33. The Bertz CT molecular complexity index is 566. The van der Waals surface area contributed by atoms with Crippen LogP contribution in [-0.4, -0.2) is 44.5 Å². The van der Waals surface area contributed by atoms with Gasteiger partial charge in [0.2, 0.25) is 10.0 Å². The van der Waals surface area contributed by atoms with Crippen LogP contribution in [-0.2, 0) is 26.0 Å². The van der Waals surface area contributed by atoms with Gasteiger partial charge in [0.1, 0.15) is 6.04 Å². The van der Waals surface area contributed by atoms with E-state index in [0.717, 1.165) is 5.56 Å². The van der Waals surface area contributed by atoms with Crippen molar-refractivity contribution in [2.24, 2.45) is 5.92 Å². The Labute approximate surface area is 124 Å². The third-order valence-electron chi connectivity index (χ3n) is 3.38. The number of hydrogen-bond acceptors (Lipinski definition) is 4. The molecule has 1 heterocycles. The molecule has 0 spiro atoms. The van der Waals surface area contributed by atoms with Crippen molar-refractivity contribution in [3.63, 3.8) is 0 Å². The van der Waals surface area contributed by atoms with Crippen molar-refractivity contribution in [2.75, 3.05) is 19.0 Å². The van der Waals surface area contributed by atoms with Crippen molar-refractivity contribution in [3.8, 4) is 0 Å². The quantitative estimate of drug-likeness (QED) is 0.770. The summed E-state index contributed by atoms with van der Waals surface area (Å²) in [4.78, 5) is 11.3. The van der Waals surface area contributed by atoms with Crippen molar-refractivity contribution in [2.45, 2.75) is 18.9 Å². The van der Waals surface area contributed by atoms with E-state index >= 15 is 0 Å². The molecule has 1 aliphatic heterocycles. The van der Waals surface area contributed by atoms with Crippen molar-refractivity contribution in [1.29, 1.82) is 0 Å². The molecule has 2 N–H and O–H groups in total. The van der Waals surface area contributed by atoms with Crippen molar-refractivity contribution in [3.05, 3.63) is 35.9 Å². The van der Waals surface area contributed by atoms with E-state index in [1.807, 2.05) is 6.07 Å². The average molecular weight is 313 g/mol. The van der Waals surface area contributed by atoms with Crippen LogP contribution in [0, 0.1) is 5.92 Å². The van der Waals surface area contributed by atoms with Crippen LogP contribution in [0.15, 0.2) is 30.3 Å². The Hall–Kier alpha value is -1.44. The van der Waals surface area contributed by atoms with Crippen molar-refractivity contribution < 1.29 is 23.1 Å². The van der Waals surface area contributed by atoms with Crippen LogP contribution in [0.25, 0.3) is 0 Å². The molecule has 1 saturated heterocycles. The second kappa shape index (κ2) is 7.02. The largest absolute Gasteiger partial charge is 0.480 e. The predicted octanol–water partition coefficient (Wildman–Crippen LogP) is 0.638. The summed E-state index contributed by atoms with van der Waals surface area (Å²) in [5, 5.41) is 9.21. The molecule has 1 aromatic rings. The van der Waals surface area contributed by atoms with E-state index in [9.17, 15) is 18.3 Å². The van der Waals surface area contributed by atoms with E-state index in [-0.39, 0.29) is 18.1 Å². The van der Waals surface area contributed by atoms with E-state index in [1.54, 1.807) is 24.3 Å². The first-order valence-electron chi connectivity index (χ1n) is 6.81. The highest BCUT2D eigenvalue weighted by Gasteiger charge is 2.28. The lowest BCUT2D eigenvalue weighted by Crippen LogP contribution is -2.44. The molecule has 1 aliphatic rings. The van der Waals surface area contributed by atoms with Crippen LogP contribution in [0.5, 0.6) is 0 Å². The van der Waals surface area contributed by atoms with Gasteiger partial charge in [-0.3, -0.25) is 4.79 Å². The highest BCUT2D eigenvalue weighted by atomic mass is 32.2. The lowest BCUT2D eigenvalue weighted by atomic mass is 10.1. The van der Waals surface area contributed by atoms with Crippen LogP contribution in [0.4, 0.5) is 0 Å². The van der Waals surface area contributed by atoms with Gasteiger partial charge in [-0.1, -0.05) is 30.3 Å². The predicted molar refractivity (Wildman–Crippen MR) is 77.4 cm³/mol. The number of sulfonamides is 1. The number of carboxylic acid groups (broad SMARTS) is 1. The van der Waals surface area contributed by atoms with Gasteiger partial charge in [0.25, 0.3) is 0 Å². The lowest BCUT2D eigenvalue weighted by molar-refractivity contribution is -0.138. The molecule has 0 aliphatic carbocycles. The first-order chi connectivity index (χ1) is 9.96. The minimum atomic E-state index is -3.64. The highest BCUT2D eigenvalue weighted by molar-refractivity contribution is 7.89. The Morgan fingerprint density at radius 1 is 1.38 bits per heavy atom. The third kappa shape index (κ3) is 5.11. The van der Waals surface area contributed by atoms with Crippen LogP contribution in [0.3, 0.4) is 0 Å². The molecule has 116 valence electrons. The summed E-state index contributed by atoms with van der Waals surface area (Å²) in [5.41, 5.74) is 0.775. The first kappa shape index (κ1) is 15.9. The molecule has 2 atom stereocenters. The molecule has 0 bridgehead atoms. The summed E-state index contributed by atoms with van der Waals surface area (Å²) in [7, 11) is -3.64. The molecule has 0 amide bonds. The average Bonchev–Trinajstić information content (AvgIpc) is 2.91. The fourth-order valence-corrected chi connectivity index (χ4v) is 3.92. The summed E-state index contributed by atoms with van der Waals surface area (Å²) in [6.45, 7) is 0.976. The molecular weight excluding hydrogens is 294 g/mol. The zero-order valence-electron chi connectivity index (χ0n) is 11.6. The van der Waals surface area contributed by atoms with Crippen LogP contribution in [0.1, 0.15) is 12.0 Å². The van der Waals surface area contributed by atoms with Crippen LogP contribution >= 0.6 is 0 Å². The molecule has 2 rings (SSSR count). The number of benzene rings is 1. The number of ether oxygens (including phenoxy) is 1. The monoisotopic (exact) mass is 313 g/mol. The first-order valence-corrected chi connectivity index (χ1v) is 8.46. The standard InChI is InChI=1S/C14H19NO5S/c16-14(17)13(8-11-4-2-1-3-5-11)15-21(18,19)10-12-6-7-20-9-12/h1-5,12-13,15H,6-10H2,(H,16,17)/t12?,13-/m0/s1. The number of carbonyl (C=O) groups is 1. The van der Waals surface area contributed by atoms with E-state index < -0.39 is 22.0 Å². The number of aliphatic carboxylic acids is 1.